The molecule has 0 saturated carbocycles. The second kappa shape index (κ2) is 8.62. The van der Waals surface area contributed by atoms with Gasteiger partial charge in [0.2, 0.25) is 0 Å². The van der Waals surface area contributed by atoms with Gasteiger partial charge in [-0.2, -0.15) is 0 Å². The predicted octanol–water partition coefficient (Wildman–Crippen LogP) is 2.26. The van der Waals surface area contributed by atoms with Crippen LogP contribution in [0, 0.1) is 11.7 Å². The third-order valence-corrected chi connectivity index (χ3v) is 3.10. The first kappa shape index (κ1) is 17.4. The van der Waals surface area contributed by atoms with E-state index >= 15 is 0 Å². The van der Waals surface area contributed by atoms with Gasteiger partial charge in [-0.1, -0.05) is 20.8 Å². The number of hydrogen-bond donors (Lipinski definition) is 2. The van der Waals surface area contributed by atoms with Crippen LogP contribution in [0.25, 0.3) is 0 Å². The van der Waals surface area contributed by atoms with Gasteiger partial charge >= 0.3 is 0 Å². The molecule has 1 aromatic carbocycles. The van der Waals surface area contributed by atoms with Gasteiger partial charge in [0, 0.05) is 12.6 Å². The van der Waals surface area contributed by atoms with Crippen LogP contribution in [-0.2, 0) is 11.2 Å². The minimum atomic E-state index is -0.329. The summed E-state index contributed by atoms with van der Waals surface area (Å²) in [7, 11) is 0. The minimum absolute atomic E-state index is 0.0519. The number of carbonyl (C=O) groups excluding carboxylic acids is 1. The first-order valence-corrected chi connectivity index (χ1v) is 7.35. The Kier molecular flexibility index (Phi) is 7.15. The van der Waals surface area contributed by atoms with Crippen LogP contribution in [0.1, 0.15) is 32.8 Å². The molecule has 0 aromatic heterocycles. The standard InChI is InChI=1S/C16H25FN2O2/c1-4-14(18)8-12-7-13(17)5-6-15(12)21-10-16(20)19-9-11(2)3/h5-7,11,14H,4,8-10,18H2,1-3H3,(H,19,20). The molecule has 1 aromatic rings. The monoisotopic (exact) mass is 296 g/mol. The van der Waals surface area contributed by atoms with E-state index in [0.29, 0.717) is 30.2 Å². The molecule has 0 aliphatic rings. The fraction of sp³-hybridized carbons (Fsp3) is 0.562. The van der Waals surface area contributed by atoms with Gasteiger partial charge in [0.25, 0.3) is 5.91 Å². The van der Waals surface area contributed by atoms with Crippen molar-refractivity contribution in [2.24, 2.45) is 11.7 Å². The van der Waals surface area contributed by atoms with E-state index in [1.807, 2.05) is 20.8 Å². The van der Waals surface area contributed by atoms with Crippen molar-refractivity contribution < 1.29 is 13.9 Å². The Bertz CT molecular complexity index is 464. The SMILES string of the molecule is CCC(N)Cc1cc(F)ccc1OCC(=O)NCC(C)C. The maximum atomic E-state index is 13.3. The molecule has 0 aliphatic carbocycles. The van der Waals surface area contributed by atoms with Crippen LogP contribution in [-0.4, -0.2) is 25.1 Å². The molecule has 21 heavy (non-hydrogen) atoms. The van der Waals surface area contributed by atoms with Crippen LogP contribution in [0.2, 0.25) is 0 Å². The summed E-state index contributed by atoms with van der Waals surface area (Å²) in [5.74, 6) is 0.390. The van der Waals surface area contributed by atoms with Crippen molar-refractivity contribution in [2.75, 3.05) is 13.2 Å². The molecule has 0 aliphatic heterocycles. The number of benzene rings is 1. The van der Waals surface area contributed by atoms with Gasteiger partial charge in [0.15, 0.2) is 6.61 Å². The summed E-state index contributed by atoms with van der Waals surface area (Å²) < 4.78 is 18.8. The number of nitrogens with one attached hydrogen (secondary N) is 1. The number of amides is 1. The first-order valence-electron chi connectivity index (χ1n) is 7.35. The molecule has 5 heteroatoms. The molecule has 0 heterocycles. The van der Waals surface area contributed by atoms with Crippen LogP contribution in [0.15, 0.2) is 18.2 Å². The lowest BCUT2D eigenvalue weighted by atomic mass is 10.0. The van der Waals surface area contributed by atoms with Crippen LogP contribution in [0.5, 0.6) is 5.75 Å². The molecule has 0 saturated heterocycles. The Balaban J connectivity index is 2.63. The molecule has 4 nitrogen and oxygen atoms in total. The molecular formula is C16H25FN2O2. The summed E-state index contributed by atoms with van der Waals surface area (Å²) in [6.45, 7) is 6.55. The fourth-order valence-electron chi connectivity index (χ4n) is 1.79. The summed E-state index contributed by atoms with van der Waals surface area (Å²) in [5, 5.41) is 2.77. The zero-order valence-electron chi connectivity index (χ0n) is 13.0. The highest BCUT2D eigenvalue weighted by molar-refractivity contribution is 5.77. The predicted molar refractivity (Wildman–Crippen MR) is 81.7 cm³/mol. The molecule has 0 radical (unpaired) electrons. The Morgan fingerprint density at radius 2 is 2.14 bits per heavy atom. The van der Waals surface area contributed by atoms with Crippen LogP contribution < -0.4 is 15.8 Å². The lowest BCUT2D eigenvalue weighted by Crippen LogP contribution is -2.32. The second-order valence-electron chi connectivity index (χ2n) is 5.61. The van der Waals surface area contributed by atoms with E-state index in [2.05, 4.69) is 5.32 Å². The molecule has 118 valence electrons. The topological polar surface area (TPSA) is 64.3 Å². The highest BCUT2D eigenvalue weighted by Crippen LogP contribution is 2.21. The van der Waals surface area contributed by atoms with Gasteiger partial charge in [-0.25, -0.2) is 4.39 Å². The maximum absolute atomic E-state index is 13.3. The van der Waals surface area contributed by atoms with E-state index in [1.165, 1.54) is 12.1 Å². The zero-order valence-corrected chi connectivity index (χ0v) is 13.0. The number of carbonyl (C=O) groups is 1. The summed E-state index contributed by atoms with van der Waals surface area (Å²) in [5.41, 5.74) is 6.60. The van der Waals surface area contributed by atoms with E-state index in [1.54, 1.807) is 6.07 Å². The molecule has 0 spiro atoms. The molecular weight excluding hydrogens is 271 g/mol. The highest BCUT2D eigenvalue weighted by Gasteiger charge is 2.11. The van der Waals surface area contributed by atoms with Crippen molar-refractivity contribution in [2.45, 2.75) is 39.7 Å². The summed E-state index contributed by atoms with van der Waals surface area (Å²) >= 11 is 0. The summed E-state index contributed by atoms with van der Waals surface area (Å²) in [4.78, 5) is 11.6. The fourth-order valence-corrected chi connectivity index (χ4v) is 1.79. The van der Waals surface area contributed by atoms with Crippen molar-refractivity contribution in [1.82, 2.24) is 5.32 Å². The number of ether oxygens (including phenoxy) is 1. The van der Waals surface area contributed by atoms with Crippen molar-refractivity contribution in [3.05, 3.63) is 29.6 Å². The van der Waals surface area contributed by atoms with Crippen molar-refractivity contribution in [3.63, 3.8) is 0 Å². The van der Waals surface area contributed by atoms with Gasteiger partial charge in [-0.3, -0.25) is 4.79 Å². The Hall–Kier alpha value is -1.62. The lowest BCUT2D eigenvalue weighted by molar-refractivity contribution is -0.123. The van der Waals surface area contributed by atoms with E-state index in [0.717, 1.165) is 6.42 Å². The van der Waals surface area contributed by atoms with E-state index in [9.17, 15) is 9.18 Å². The van der Waals surface area contributed by atoms with E-state index in [-0.39, 0.29) is 24.4 Å². The number of nitrogens with two attached hydrogens (primary N) is 1. The first-order chi connectivity index (χ1) is 9.92. The molecule has 3 N–H and O–H groups in total. The van der Waals surface area contributed by atoms with Crippen molar-refractivity contribution in [3.8, 4) is 5.75 Å². The average Bonchev–Trinajstić information content (AvgIpc) is 2.44. The number of hydrogen-bond acceptors (Lipinski definition) is 3. The average molecular weight is 296 g/mol. The minimum Gasteiger partial charge on any atom is -0.483 e. The number of rotatable bonds is 8. The second-order valence-corrected chi connectivity index (χ2v) is 5.61. The third-order valence-electron chi connectivity index (χ3n) is 3.10. The Morgan fingerprint density at radius 1 is 1.43 bits per heavy atom. The quantitative estimate of drug-likeness (QED) is 0.773. The van der Waals surface area contributed by atoms with E-state index < -0.39 is 0 Å². The molecule has 0 bridgehead atoms. The van der Waals surface area contributed by atoms with Gasteiger partial charge in [0.05, 0.1) is 0 Å². The van der Waals surface area contributed by atoms with Crippen LogP contribution >= 0.6 is 0 Å². The molecule has 1 atom stereocenters. The van der Waals surface area contributed by atoms with Gasteiger partial charge < -0.3 is 15.8 Å². The molecule has 1 unspecified atom stereocenters. The van der Waals surface area contributed by atoms with Crippen LogP contribution in [0.4, 0.5) is 4.39 Å². The van der Waals surface area contributed by atoms with Crippen LogP contribution in [0.3, 0.4) is 0 Å². The largest absolute Gasteiger partial charge is 0.483 e. The normalized spacial score (nSPS) is 12.3. The van der Waals surface area contributed by atoms with Crippen molar-refractivity contribution in [1.29, 1.82) is 0 Å². The highest BCUT2D eigenvalue weighted by atomic mass is 19.1. The number of halogens is 1. The molecule has 1 amide bonds. The lowest BCUT2D eigenvalue weighted by Gasteiger charge is -2.15. The molecule has 0 fully saturated rings. The molecule has 1 rings (SSSR count). The maximum Gasteiger partial charge on any atom is 0.257 e. The third kappa shape index (κ3) is 6.58. The summed E-state index contributed by atoms with van der Waals surface area (Å²) in [6, 6.07) is 4.23. The Morgan fingerprint density at radius 3 is 2.76 bits per heavy atom. The zero-order chi connectivity index (χ0) is 15.8. The smallest absolute Gasteiger partial charge is 0.257 e. The Labute approximate surface area is 125 Å². The van der Waals surface area contributed by atoms with Gasteiger partial charge in [-0.05, 0) is 42.5 Å². The van der Waals surface area contributed by atoms with E-state index in [4.69, 9.17) is 10.5 Å². The summed E-state index contributed by atoms with van der Waals surface area (Å²) in [6.07, 6.45) is 1.32. The van der Waals surface area contributed by atoms with Crippen molar-refractivity contribution >= 4 is 5.91 Å². The van der Waals surface area contributed by atoms with Gasteiger partial charge in [-0.15, -0.1) is 0 Å². The van der Waals surface area contributed by atoms with Gasteiger partial charge in [0.1, 0.15) is 11.6 Å².